The lowest BCUT2D eigenvalue weighted by atomic mass is 10.0. The fourth-order valence-corrected chi connectivity index (χ4v) is 2.30. The van der Waals surface area contributed by atoms with E-state index in [9.17, 15) is 0 Å². The van der Waals surface area contributed by atoms with Gasteiger partial charge in [0.2, 0.25) is 0 Å². The van der Waals surface area contributed by atoms with Crippen LogP contribution in [0.4, 0.5) is 0 Å². The van der Waals surface area contributed by atoms with Crippen molar-refractivity contribution >= 4 is 28.6 Å². The van der Waals surface area contributed by atoms with Crippen molar-refractivity contribution in [3.63, 3.8) is 0 Å². The van der Waals surface area contributed by atoms with Crippen molar-refractivity contribution in [1.82, 2.24) is 0 Å². The average Bonchev–Trinajstić information content (AvgIpc) is 2.03. The van der Waals surface area contributed by atoms with Crippen molar-refractivity contribution in [3.05, 3.63) is 34.3 Å². The molecule has 1 aromatic rings. The summed E-state index contributed by atoms with van der Waals surface area (Å²) in [6, 6.07) is 8.37. The van der Waals surface area contributed by atoms with Crippen LogP contribution < -0.4 is 0 Å². The molecule has 0 aliphatic rings. The molecule has 0 saturated heterocycles. The van der Waals surface area contributed by atoms with Crippen LogP contribution in [0.2, 0.25) is 0 Å². The first-order valence-electron chi connectivity index (χ1n) is 4.53. The summed E-state index contributed by atoms with van der Waals surface area (Å²) in [5, 5.41) is 0.359. The highest BCUT2D eigenvalue weighted by molar-refractivity contribution is 9.10. The smallest absolute Gasteiger partial charge is 0.0269 e. The summed E-state index contributed by atoms with van der Waals surface area (Å²) in [5.74, 6) is 0.696. The molecule has 0 aliphatic carbocycles. The Bertz CT molecular complexity index is 271. The van der Waals surface area contributed by atoms with Gasteiger partial charge in [-0.2, -0.15) is 12.6 Å². The molecule has 0 N–H and O–H groups in total. The van der Waals surface area contributed by atoms with E-state index in [1.54, 1.807) is 0 Å². The Hall–Kier alpha value is 0.0500. The lowest BCUT2D eigenvalue weighted by Gasteiger charge is -2.13. The molecule has 13 heavy (non-hydrogen) atoms. The molecule has 0 bridgehead atoms. The van der Waals surface area contributed by atoms with Crippen LogP contribution in [0.15, 0.2) is 28.7 Å². The van der Waals surface area contributed by atoms with E-state index >= 15 is 0 Å². The van der Waals surface area contributed by atoms with Crippen LogP contribution in [-0.4, -0.2) is 0 Å². The van der Waals surface area contributed by atoms with Crippen molar-refractivity contribution in [2.75, 3.05) is 0 Å². The van der Waals surface area contributed by atoms with Crippen LogP contribution in [0.5, 0.6) is 0 Å². The monoisotopic (exact) mass is 258 g/mol. The zero-order valence-corrected chi connectivity index (χ0v) is 10.5. The summed E-state index contributed by atoms with van der Waals surface area (Å²) in [6.07, 6.45) is 1.12. The SMILES string of the molecule is CC(C)CC(S)c1cccc(Br)c1. The molecule has 1 unspecified atom stereocenters. The van der Waals surface area contributed by atoms with Gasteiger partial charge < -0.3 is 0 Å². The van der Waals surface area contributed by atoms with Crippen LogP contribution in [0.1, 0.15) is 31.1 Å². The second kappa shape index (κ2) is 5.06. The summed E-state index contributed by atoms with van der Waals surface area (Å²) in [6.45, 7) is 4.45. The normalized spacial score (nSPS) is 13.3. The molecule has 0 heterocycles. The molecule has 0 saturated carbocycles. The zero-order chi connectivity index (χ0) is 9.84. The van der Waals surface area contributed by atoms with Crippen molar-refractivity contribution in [3.8, 4) is 0 Å². The van der Waals surface area contributed by atoms with Gasteiger partial charge in [-0.25, -0.2) is 0 Å². The van der Waals surface area contributed by atoms with Crippen molar-refractivity contribution < 1.29 is 0 Å². The van der Waals surface area contributed by atoms with Gasteiger partial charge in [0.15, 0.2) is 0 Å². The molecule has 0 aromatic heterocycles. The third-order valence-corrected chi connectivity index (χ3v) is 2.93. The molecule has 0 radical (unpaired) electrons. The maximum Gasteiger partial charge on any atom is 0.0269 e. The average molecular weight is 259 g/mol. The maximum atomic E-state index is 4.59. The Kier molecular flexibility index (Phi) is 4.33. The number of thiol groups is 1. The number of hydrogen-bond donors (Lipinski definition) is 1. The van der Waals surface area contributed by atoms with E-state index in [0.29, 0.717) is 11.2 Å². The minimum atomic E-state index is 0.359. The maximum absolute atomic E-state index is 4.59. The molecule has 72 valence electrons. The van der Waals surface area contributed by atoms with E-state index < -0.39 is 0 Å². The molecule has 2 heteroatoms. The van der Waals surface area contributed by atoms with E-state index in [4.69, 9.17) is 0 Å². The molecule has 1 rings (SSSR count). The van der Waals surface area contributed by atoms with Crippen molar-refractivity contribution in [2.24, 2.45) is 5.92 Å². The number of rotatable bonds is 3. The molecule has 1 aromatic carbocycles. The lowest BCUT2D eigenvalue weighted by Crippen LogP contribution is -1.96. The third-order valence-electron chi connectivity index (χ3n) is 1.93. The van der Waals surface area contributed by atoms with Gasteiger partial charge in [0.1, 0.15) is 0 Å². The highest BCUT2D eigenvalue weighted by Gasteiger charge is 2.08. The van der Waals surface area contributed by atoms with Gasteiger partial charge >= 0.3 is 0 Å². The van der Waals surface area contributed by atoms with E-state index in [1.165, 1.54) is 5.56 Å². The second-order valence-electron chi connectivity index (χ2n) is 3.70. The van der Waals surface area contributed by atoms with E-state index in [-0.39, 0.29) is 0 Å². The van der Waals surface area contributed by atoms with Gasteiger partial charge in [0.05, 0.1) is 0 Å². The van der Waals surface area contributed by atoms with E-state index in [1.807, 2.05) is 6.07 Å². The fourth-order valence-electron chi connectivity index (χ4n) is 1.30. The van der Waals surface area contributed by atoms with Gasteiger partial charge in [0, 0.05) is 9.72 Å². The Morgan fingerprint density at radius 2 is 2.08 bits per heavy atom. The summed E-state index contributed by atoms with van der Waals surface area (Å²) in [4.78, 5) is 0. The summed E-state index contributed by atoms with van der Waals surface area (Å²) >= 11 is 8.05. The highest BCUT2D eigenvalue weighted by atomic mass is 79.9. The quantitative estimate of drug-likeness (QED) is 0.761. The first-order valence-corrected chi connectivity index (χ1v) is 5.84. The largest absolute Gasteiger partial charge is 0.171 e. The number of halogens is 1. The minimum Gasteiger partial charge on any atom is -0.171 e. The Morgan fingerprint density at radius 3 is 2.62 bits per heavy atom. The van der Waals surface area contributed by atoms with Gasteiger partial charge in [-0.05, 0) is 30.0 Å². The molecule has 0 aliphatic heterocycles. The fraction of sp³-hybridized carbons (Fsp3) is 0.455. The third kappa shape index (κ3) is 3.74. The molecule has 0 amide bonds. The molecule has 0 nitrogen and oxygen atoms in total. The van der Waals surface area contributed by atoms with Gasteiger partial charge in [0.25, 0.3) is 0 Å². The molecule has 0 fully saturated rings. The zero-order valence-electron chi connectivity index (χ0n) is 8.00. The minimum absolute atomic E-state index is 0.359. The van der Waals surface area contributed by atoms with E-state index in [0.717, 1.165) is 10.9 Å². The molecular weight excluding hydrogens is 244 g/mol. The summed E-state index contributed by atoms with van der Waals surface area (Å²) in [7, 11) is 0. The molecular formula is C11H15BrS. The van der Waals surface area contributed by atoms with Crippen LogP contribution in [-0.2, 0) is 0 Å². The van der Waals surface area contributed by atoms with Crippen molar-refractivity contribution in [1.29, 1.82) is 0 Å². The van der Waals surface area contributed by atoms with Crippen molar-refractivity contribution in [2.45, 2.75) is 25.5 Å². The summed E-state index contributed by atoms with van der Waals surface area (Å²) in [5.41, 5.74) is 1.30. The Morgan fingerprint density at radius 1 is 1.38 bits per heavy atom. The predicted octanol–water partition coefficient (Wildman–Crippen LogP) is 4.47. The van der Waals surface area contributed by atoms with Crippen LogP contribution in [0.25, 0.3) is 0 Å². The van der Waals surface area contributed by atoms with E-state index in [2.05, 4.69) is 60.6 Å². The number of hydrogen-bond acceptors (Lipinski definition) is 1. The highest BCUT2D eigenvalue weighted by Crippen LogP contribution is 2.28. The van der Waals surface area contributed by atoms with Gasteiger partial charge in [-0.15, -0.1) is 0 Å². The van der Waals surface area contributed by atoms with Gasteiger partial charge in [-0.1, -0.05) is 41.9 Å². The standard InChI is InChI=1S/C11H15BrS/c1-8(2)6-11(13)9-4-3-5-10(12)7-9/h3-5,7-8,11,13H,6H2,1-2H3. The first kappa shape index (κ1) is 11.1. The lowest BCUT2D eigenvalue weighted by molar-refractivity contribution is 0.581. The number of benzene rings is 1. The Balaban J connectivity index is 2.71. The molecule has 1 atom stereocenters. The van der Waals surface area contributed by atoms with Crippen LogP contribution in [0, 0.1) is 5.92 Å². The molecule has 0 spiro atoms. The Labute approximate surface area is 94.3 Å². The second-order valence-corrected chi connectivity index (χ2v) is 5.24. The van der Waals surface area contributed by atoms with Gasteiger partial charge in [-0.3, -0.25) is 0 Å². The topological polar surface area (TPSA) is 0 Å². The first-order chi connectivity index (χ1) is 6.09. The van der Waals surface area contributed by atoms with Crippen LogP contribution in [0.3, 0.4) is 0 Å². The van der Waals surface area contributed by atoms with Crippen LogP contribution >= 0.6 is 28.6 Å². The predicted molar refractivity (Wildman–Crippen MR) is 65.3 cm³/mol. The summed E-state index contributed by atoms with van der Waals surface area (Å²) < 4.78 is 1.13.